The van der Waals surface area contributed by atoms with Crippen LogP contribution < -0.4 is 4.74 Å². The Kier molecular flexibility index (Phi) is 4.70. The molecule has 21 heavy (non-hydrogen) atoms. The first-order chi connectivity index (χ1) is 9.92. The highest BCUT2D eigenvalue weighted by Crippen LogP contribution is 2.36. The van der Waals surface area contributed by atoms with Gasteiger partial charge in [0.2, 0.25) is 5.75 Å². The molecule has 0 atom stereocenters. The van der Waals surface area contributed by atoms with Crippen molar-refractivity contribution < 1.29 is 9.66 Å². The van der Waals surface area contributed by atoms with Gasteiger partial charge in [-0.25, -0.2) is 0 Å². The van der Waals surface area contributed by atoms with Crippen molar-refractivity contribution in [3.63, 3.8) is 0 Å². The van der Waals surface area contributed by atoms with Gasteiger partial charge in [-0.2, -0.15) is 0 Å². The summed E-state index contributed by atoms with van der Waals surface area (Å²) in [5, 5.41) is 11.6. The third-order valence-corrected chi connectivity index (χ3v) is 3.62. The van der Waals surface area contributed by atoms with Gasteiger partial charge in [-0.1, -0.05) is 23.7 Å². The van der Waals surface area contributed by atoms with Gasteiger partial charge in [0.25, 0.3) is 0 Å². The van der Waals surface area contributed by atoms with Crippen LogP contribution in [0.1, 0.15) is 16.7 Å². The van der Waals surface area contributed by atoms with Crippen molar-refractivity contribution in [3.8, 4) is 11.5 Å². The average Bonchev–Trinajstić information content (AvgIpc) is 2.41. The van der Waals surface area contributed by atoms with E-state index in [0.29, 0.717) is 22.2 Å². The van der Waals surface area contributed by atoms with E-state index in [1.807, 2.05) is 6.07 Å². The van der Waals surface area contributed by atoms with Crippen LogP contribution in [0, 0.1) is 24.0 Å². The Morgan fingerprint density at radius 1 is 1.24 bits per heavy atom. The lowest BCUT2D eigenvalue weighted by molar-refractivity contribution is -0.385. The maximum atomic E-state index is 11.2. The number of nitro groups is 1. The minimum Gasteiger partial charge on any atom is -0.450 e. The van der Waals surface area contributed by atoms with E-state index in [4.69, 9.17) is 27.9 Å². The van der Waals surface area contributed by atoms with Crippen LogP contribution in [-0.4, -0.2) is 4.92 Å². The summed E-state index contributed by atoms with van der Waals surface area (Å²) in [6, 6.07) is 8.34. The van der Waals surface area contributed by atoms with Gasteiger partial charge in [-0.05, 0) is 42.7 Å². The largest absolute Gasteiger partial charge is 0.450 e. The summed E-state index contributed by atoms with van der Waals surface area (Å²) >= 11 is 11.8. The standard InChI is InChI=1S/C15H13Cl2NO3/c1-9-5-10(2)15(14(6-9)18(19)20)21-12-4-3-11(8-16)13(17)7-12/h3-7H,8H2,1-2H3. The van der Waals surface area contributed by atoms with Crippen LogP contribution in [-0.2, 0) is 5.88 Å². The molecule has 0 aliphatic carbocycles. The van der Waals surface area contributed by atoms with Crippen molar-refractivity contribution in [1.82, 2.24) is 0 Å². The zero-order chi connectivity index (χ0) is 15.6. The predicted octanol–water partition coefficient (Wildman–Crippen LogP) is 5.40. The third kappa shape index (κ3) is 3.46. The van der Waals surface area contributed by atoms with E-state index in [-0.39, 0.29) is 11.4 Å². The number of hydrogen-bond donors (Lipinski definition) is 0. The molecular formula is C15H13Cl2NO3. The number of hydrogen-bond acceptors (Lipinski definition) is 3. The van der Waals surface area contributed by atoms with Gasteiger partial charge in [0, 0.05) is 17.0 Å². The van der Waals surface area contributed by atoms with Gasteiger partial charge in [0.1, 0.15) is 5.75 Å². The smallest absolute Gasteiger partial charge is 0.312 e. The van der Waals surface area contributed by atoms with Gasteiger partial charge < -0.3 is 4.74 Å². The molecule has 0 spiro atoms. The summed E-state index contributed by atoms with van der Waals surface area (Å²) in [5.74, 6) is 0.951. The maximum absolute atomic E-state index is 11.2. The first-order valence-electron chi connectivity index (χ1n) is 6.20. The minimum absolute atomic E-state index is 0.0648. The Labute approximate surface area is 132 Å². The van der Waals surface area contributed by atoms with Gasteiger partial charge in [-0.15, -0.1) is 11.6 Å². The Bertz CT molecular complexity index is 702. The highest BCUT2D eigenvalue weighted by Gasteiger charge is 2.19. The molecule has 0 radical (unpaired) electrons. The number of nitrogens with zero attached hydrogens (tertiary/aromatic N) is 1. The number of benzene rings is 2. The van der Waals surface area contributed by atoms with Crippen LogP contribution in [0.5, 0.6) is 11.5 Å². The van der Waals surface area contributed by atoms with Crippen molar-refractivity contribution in [2.75, 3.05) is 0 Å². The minimum atomic E-state index is -0.454. The quantitative estimate of drug-likeness (QED) is 0.430. The number of ether oxygens (including phenoxy) is 1. The van der Waals surface area contributed by atoms with Crippen LogP contribution in [0.4, 0.5) is 5.69 Å². The lowest BCUT2D eigenvalue weighted by Gasteiger charge is -2.11. The van der Waals surface area contributed by atoms with Crippen LogP contribution >= 0.6 is 23.2 Å². The van der Waals surface area contributed by atoms with E-state index in [2.05, 4.69) is 0 Å². The fourth-order valence-electron chi connectivity index (χ4n) is 2.02. The summed E-state index contributed by atoms with van der Waals surface area (Å²) in [6.07, 6.45) is 0. The molecule has 0 saturated carbocycles. The van der Waals surface area contributed by atoms with Gasteiger partial charge >= 0.3 is 5.69 Å². The summed E-state index contributed by atoms with van der Waals surface area (Å²) < 4.78 is 5.67. The molecule has 0 saturated heterocycles. The van der Waals surface area contributed by atoms with Crippen LogP contribution in [0.15, 0.2) is 30.3 Å². The molecule has 2 aromatic rings. The van der Waals surface area contributed by atoms with Gasteiger partial charge in [0.15, 0.2) is 0 Å². The maximum Gasteiger partial charge on any atom is 0.312 e. The molecule has 0 aromatic heterocycles. The molecular weight excluding hydrogens is 313 g/mol. The van der Waals surface area contributed by atoms with E-state index < -0.39 is 4.92 Å². The topological polar surface area (TPSA) is 52.4 Å². The van der Waals surface area contributed by atoms with E-state index in [1.165, 1.54) is 6.07 Å². The molecule has 4 nitrogen and oxygen atoms in total. The molecule has 0 fully saturated rings. The van der Waals surface area contributed by atoms with E-state index in [0.717, 1.165) is 11.1 Å². The average molecular weight is 326 g/mol. The molecule has 0 bridgehead atoms. The van der Waals surface area contributed by atoms with Crippen molar-refractivity contribution in [2.24, 2.45) is 0 Å². The van der Waals surface area contributed by atoms with Crippen LogP contribution in [0.25, 0.3) is 0 Å². The fourth-order valence-corrected chi connectivity index (χ4v) is 2.56. The predicted molar refractivity (Wildman–Crippen MR) is 83.7 cm³/mol. The molecule has 0 amide bonds. The number of rotatable bonds is 4. The fraction of sp³-hybridized carbons (Fsp3) is 0.200. The Hall–Kier alpha value is -1.78. The lowest BCUT2D eigenvalue weighted by Crippen LogP contribution is -1.97. The Balaban J connectivity index is 2.44. The second-order valence-electron chi connectivity index (χ2n) is 4.68. The third-order valence-electron chi connectivity index (χ3n) is 2.98. The number of halogens is 2. The summed E-state index contributed by atoms with van der Waals surface area (Å²) in [4.78, 5) is 10.7. The van der Waals surface area contributed by atoms with E-state index >= 15 is 0 Å². The number of alkyl halides is 1. The van der Waals surface area contributed by atoms with Gasteiger partial charge in [0.05, 0.1) is 4.92 Å². The summed E-state index contributed by atoms with van der Waals surface area (Å²) in [6.45, 7) is 3.57. The normalized spacial score (nSPS) is 10.5. The lowest BCUT2D eigenvalue weighted by atomic mass is 10.1. The molecule has 0 aliphatic heterocycles. The van der Waals surface area contributed by atoms with Gasteiger partial charge in [-0.3, -0.25) is 10.1 Å². The summed E-state index contributed by atoms with van der Waals surface area (Å²) in [5.41, 5.74) is 2.21. The molecule has 6 heteroatoms. The number of aryl methyl sites for hydroxylation is 2. The molecule has 110 valence electrons. The number of nitro benzene ring substituents is 1. The second kappa shape index (κ2) is 6.33. The molecule has 0 N–H and O–H groups in total. The SMILES string of the molecule is Cc1cc(C)c(Oc2ccc(CCl)c(Cl)c2)c([N+](=O)[O-])c1. The second-order valence-corrected chi connectivity index (χ2v) is 5.35. The van der Waals surface area contributed by atoms with Crippen molar-refractivity contribution >= 4 is 28.9 Å². The monoisotopic (exact) mass is 325 g/mol. The molecule has 2 rings (SSSR count). The first-order valence-corrected chi connectivity index (χ1v) is 7.11. The van der Waals surface area contributed by atoms with E-state index in [1.54, 1.807) is 32.0 Å². The van der Waals surface area contributed by atoms with E-state index in [9.17, 15) is 10.1 Å². The van der Waals surface area contributed by atoms with Crippen LogP contribution in [0.3, 0.4) is 0 Å². The van der Waals surface area contributed by atoms with Crippen molar-refractivity contribution in [1.29, 1.82) is 0 Å². The van der Waals surface area contributed by atoms with Crippen molar-refractivity contribution in [3.05, 3.63) is 62.2 Å². The first kappa shape index (κ1) is 15.6. The van der Waals surface area contributed by atoms with Crippen molar-refractivity contribution in [2.45, 2.75) is 19.7 Å². The van der Waals surface area contributed by atoms with Crippen LogP contribution in [0.2, 0.25) is 5.02 Å². The molecule has 0 heterocycles. The molecule has 2 aromatic carbocycles. The summed E-state index contributed by atoms with van der Waals surface area (Å²) in [7, 11) is 0. The molecule has 0 aliphatic rings. The molecule has 0 unspecified atom stereocenters. The Morgan fingerprint density at radius 2 is 1.95 bits per heavy atom. The zero-order valence-corrected chi connectivity index (χ0v) is 13.0. The Morgan fingerprint density at radius 3 is 2.52 bits per heavy atom. The highest BCUT2D eigenvalue weighted by molar-refractivity contribution is 6.32. The zero-order valence-electron chi connectivity index (χ0n) is 11.5. The highest BCUT2D eigenvalue weighted by atomic mass is 35.5.